The maximum absolute atomic E-state index is 13.0. The number of hydrogen-bond donors (Lipinski definition) is 1. The van der Waals surface area contributed by atoms with E-state index >= 15 is 0 Å². The predicted molar refractivity (Wildman–Crippen MR) is 100 cm³/mol. The minimum Gasteiger partial charge on any atom is -0.341 e. The van der Waals surface area contributed by atoms with Gasteiger partial charge in [0.1, 0.15) is 0 Å². The molecule has 2 fully saturated rings. The summed E-state index contributed by atoms with van der Waals surface area (Å²) in [7, 11) is 0. The van der Waals surface area contributed by atoms with Gasteiger partial charge in [-0.1, -0.05) is 30.3 Å². The zero-order valence-electron chi connectivity index (χ0n) is 14.8. The molecule has 0 aromatic heterocycles. The normalized spacial score (nSPS) is 19.0. The highest BCUT2D eigenvalue weighted by atomic mass is 35.5. The van der Waals surface area contributed by atoms with Gasteiger partial charge in [-0.3, -0.25) is 9.59 Å². The van der Waals surface area contributed by atoms with Crippen molar-refractivity contribution in [1.29, 1.82) is 0 Å². The van der Waals surface area contributed by atoms with Crippen LogP contribution in [0.2, 0.25) is 0 Å². The monoisotopic (exact) mass is 365 g/mol. The van der Waals surface area contributed by atoms with Crippen LogP contribution in [0.5, 0.6) is 0 Å². The first-order valence-corrected chi connectivity index (χ1v) is 8.95. The van der Waals surface area contributed by atoms with Crippen molar-refractivity contribution in [3.63, 3.8) is 0 Å². The van der Waals surface area contributed by atoms with Crippen LogP contribution < -0.4 is 5.73 Å². The van der Waals surface area contributed by atoms with E-state index in [-0.39, 0.29) is 30.1 Å². The molecule has 3 rings (SSSR count). The molecule has 1 aromatic rings. The molecule has 1 atom stereocenters. The Labute approximate surface area is 155 Å². The fourth-order valence-electron chi connectivity index (χ4n) is 3.42. The zero-order valence-corrected chi connectivity index (χ0v) is 15.6. The van der Waals surface area contributed by atoms with E-state index in [0.717, 1.165) is 25.7 Å². The lowest BCUT2D eigenvalue weighted by atomic mass is 9.94. The standard InChI is InChI=1S/C19H27N3O2.ClH/c1-14(20)18(23)21-11-9-16(10-12-21)19(24)22(17-7-8-17)13-15-5-3-2-4-6-15;/h2-6,14,16-17H,7-13,20H2,1H3;1H/t14-;/m0./s1. The Hall–Kier alpha value is -1.59. The van der Waals surface area contributed by atoms with E-state index in [1.807, 2.05) is 18.2 Å². The number of rotatable bonds is 5. The molecule has 0 spiro atoms. The molecule has 25 heavy (non-hydrogen) atoms. The van der Waals surface area contributed by atoms with Gasteiger partial charge in [-0.2, -0.15) is 0 Å². The number of nitrogens with two attached hydrogens (primary N) is 1. The van der Waals surface area contributed by atoms with E-state index in [1.54, 1.807) is 11.8 Å². The van der Waals surface area contributed by atoms with Crippen LogP contribution in [0.1, 0.15) is 38.2 Å². The molecule has 2 N–H and O–H groups in total. The summed E-state index contributed by atoms with van der Waals surface area (Å²) in [4.78, 5) is 28.8. The topological polar surface area (TPSA) is 66.6 Å². The lowest BCUT2D eigenvalue weighted by Gasteiger charge is -2.35. The van der Waals surface area contributed by atoms with Crippen LogP contribution in [0.15, 0.2) is 30.3 Å². The van der Waals surface area contributed by atoms with Gasteiger partial charge >= 0.3 is 0 Å². The quantitative estimate of drug-likeness (QED) is 0.869. The summed E-state index contributed by atoms with van der Waals surface area (Å²) in [6, 6.07) is 10.1. The Morgan fingerprint density at radius 3 is 2.28 bits per heavy atom. The molecule has 1 heterocycles. The summed E-state index contributed by atoms with van der Waals surface area (Å²) in [5.41, 5.74) is 6.86. The van der Waals surface area contributed by atoms with Crippen molar-refractivity contribution in [2.75, 3.05) is 13.1 Å². The molecule has 2 amide bonds. The van der Waals surface area contributed by atoms with Gasteiger partial charge in [0.25, 0.3) is 0 Å². The maximum atomic E-state index is 13.0. The predicted octanol–water partition coefficient (Wildman–Crippen LogP) is 2.19. The number of halogens is 1. The molecule has 1 aromatic carbocycles. The molecule has 0 radical (unpaired) electrons. The summed E-state index contributed by atoms with van der Waals surface area (Å²) < 4.78 is 0. The van der Waals surface area contributed by atoms with Crippen LogP contribution in [-0.2, 0) is 16.1 Å². The van der Waals surface area contributed by atoms with Gasteiger partial charge in [0.2, 0.25) is 11.8 Å². The highest BCUT2D eigenvalue weighted by Gasteiger charge is 2.37. The van der Waals surface area contributed by atoms with Crippen LogP contribution in [0, 0.1) is 5.92 Å². The molecular weight excluding hydrogens is 338 g/mol. The second kappa shape index (κ2) is 8.68. The van der Waals surface area contributed by atoms with Gasteiger partial charge in [-0.05, 0) is 38.2 Å². The van der Waals surface area contributed by atoms with Crippen molar-refractivity contribution < 1.29 is 9.59 Å². The number of piperidine rings is 1. The number of nitrogens with zero attached hydrogens (tertiary/aromatic N) is 2. The molecular formula is C19H28ClN3O2. The van der Waals surface area contributed by atoms with Crippen LogP contribution in [0.4, 0.5) is 0 Å². The summed E-state index contributed by atoms with van der Waals surface area (Å²) in [5, 5.41) is 0. The summed E-state index contributed by atoms with van der Waals surface area (Å²) in [6.45, 7) is 3.69. The molecule has 1 saturated heterocycles. The first-order valence-electron chi connectivity index (χ1n) is 8.95. The molecule has 1 aliphatic carbocycles. The maximum Gasteiger partial charge on any atom is 0.239 e. The van der Waals surface area contributed by atoms with Crippen LogP contribution in [0.3, 0.4) is 0 Å². The van der Waals surface area contributed by atoms with Gasteiger partial charge in [-0.25, -0.2) is 0 Å². The Balaban J connectivity index is 0.00000225. The average Bonchev–Trinajstić information content (AvgIpc) is 3.44. The van der Waals surface area contributed by atoms with E-state index in [4.69, 9.17) is 5.73 Å². The number of carbonyl (C=O) groups excluding carboxylic acids is 2. The molecule has 1 aliphatic heterocycles. The number of benzene rings is 1. The Bertz CT molecular complexity index is 582. The molecule has 1 saturated carbocycles. The highest BCUT2D eigenvalue weighted by molar-refractivity contribution is 5.85. The first-order chi connectivity index (χ1) is 11.6. The van der Waals surface area contributed by atoms with Gasteiger partial charge in [0, 0.05) is 31.6 Å². The SMILES string of the molecule is C[C@H](N)C(=O)N1CCC(C(=O)N(Cc2ccccc2)C2CC2)CC1.Cl. The van der Waals surface area contributed by atoms with Crippen LogP contribution in [-0.4, -0.2) is 46.8 Å². The average molecular weight is 366 g/mol. The minimum atomic E-state index is -0.460. The fraction of sp³-hybridized carbons (Fsp3) is 0.579. The summed E-state index contributed by atoms with van der Waals surface area (Å²) in [5.74, 6) is 0.282. The summed E-state index contributed by atoms with van der Waals surface area (Å²) >= 11 is 0. The van der Waals surface area contributed by atoms with Gasteiger partial charge < -0.3 is 15.5 Å². The molecule has 138 valence electrons. The highest BCUT2D eigenvalue weighted by Crippen LogP contribution is 2.31. The third-order valence-electron chi connectivity index (χ3n) is 5.01. The third-order valence-corrected chi connectivity index (χ3v) is 5.01. The van der Waals surface area contributed by atoms with Gasteiger partial charge in [-0.15, -0.1) is 12.4 Å². The van der Waals surface area contributed by atoms with Crippen molar-refractivity contribution in [3.8, 4) is 0 Å². The second-order valence-corrected chi connectivity index (χ2v) is 7.07. The Morgan fingerprint density at radius 2 is 1.76 bits per heavy atom. The van der Waals surface area contributed by atoms with Crippen molar-refractivity contribution >= 4 is 24.2 Å². The Kier molecular flexibility index (Phi) is 6.85. The number of carbonyl (C=O) groups is 2. The van der Waals surface area contributed by atoms with Crippen LogP contribution >= 0.6 is 12.4 Å². The van der Waals surface area contributed by atoms with E-state index in [1.165, 1.54) is 5.56 Å². The van der Waals surface area contributed by atoms with Crippen LogP contribution in [0.25, 0.3) is 0 Å². The van der Waals surface area contributed by atoms with Crippen molar-refractivity contribution in [2.24, 2.45) is 11.7 Å². The summed E-state index contributed by atoms with van der Waals surface area (Å²) in [6.07, 6.45) is 3.71. The number of likely N-dealkylation sites (tertiary alicyclic amines) is 1. The van der Waals surface area contributed by atoms with Crippen molar-refractivity contribution in [2.45, 2.75) is 51.2 Å². The molecule has 0 bridgehead atoms. The lowest BCUT2D eigenvalue weighted by Crippen LogP contribution is -2.48. The van der Waals surface area contributed by atoms with E-state index in [9.17, 15) is 9.59 Å². The van der Waals surface area contributed by atoms with E-state index in [2.05, 4.69) is 17.0 Å². The van der Waals surface area contributed by atoms with E-state index in [0.29, 0.717) is 25.7 Å². The smallest absolute Gasteiger partial charge is 0.239 e. The van der Waals surface area contributed by atoms with Crippen molar-refractivity contribution in [1.82, 2.24) is 9.80 Å². The lowest BCUT2D eigenvalue weighted by molar-refractivity contribution is -0.142. The second-order valence-electron chi connectivity index (χ2n) is 7.07. The van der Waals surface area contributed by atoms with E-state index < -0.39 is 6.04 Å². The number of amides is 2. The Morgan fingerprint density at radius 1 is 1.16 bits per heavy atom. The molecule has 6 heteroatoms. The minimum absolute atomic E-state index is 0. The largest absolute Gasteiger partial charge is 0.341 e. The van der Waals surface area contributed by atoms with Gasteiger partial charge in [0.05, 0.1) is 6.04 Å². The number of hydrogen-bond acceptors (Lipinski definition) is 3. The third kappa shape index (κ3) is 4.95. The molecule has 2 aliphatic rings. The molecule has 5 nitrogen and oxygen atoms in total. The van der Waals surface area contributed by atoms with Crippen molar-refractivity contribution in [3.05, 3.63) is 35.9 Å². The van der Waals surface area contributed by atoms with Gasteiger partial charge in [0.15, 0.2) is 0 Å². The fourth-order valence-corrected chi connectivity index (χ4v) is 3.42. The first kappa shape index (κ1) is 19.7. The molecule has 0 unspecified atom stereocenters. The zero-order chi connectivity index (χ0) is 17.1.